The Bertz CT molecular complexity index is 71.3. The molecule has 0 aromatic heterocycles. The van der Waals surface area contributed by atoms with Gasteiger partial charge in [-0.1, -0.05) is 0 Å². The molecule has 0 radical (unpaired) electrons. The molecule has 56 valence electrons. The second-order valence-corrected chi connectivity index (χ2v) is 2.90. The summed E-state index contributed by atoms with van der Waals surface area (Å²) in [7, 11) is 4.04. The van der Waals surface area contributed by atoms with Gasteiger partial charge in [0, 0.05) is 6.04 Å². The lowest BCUT2D eigenvalue weighted by Gasteiger charge is -2.20. The van der Waals surface area contributed by atoms with Crippen LogP contribution in [0.1, 0.15) is 20.3 Å². The summed E-state index contributed by atoms with van der Waals surface area (Å²) in [6, 6.07) is 0.477. The minimum absolute atomic E-state index is 0.178. The zero-order valence-corrected chi connectivity index (χ0v) is 6.76. The standard InChI is InChI=1S/C7H17NO/c1-6(8(3)4)5-7(2)9/h6-7,9H,5H2,1-4H3. The molecule has 0 saturated carbocycles. The van der Waals surface area contributed by atoms with Gasteiger partial charge in [-0.25, -0.2) is 0 Å². The fraction of sp³-hybridized carbons (Fsp3) is 1.00. The van der Waals surface area contributed by atoms with Crippen molar-refractivity contribution in [2.24, 2.45) is 0 Å². The zero-order chi connectivity index (χ0) is 7.44. The maximum Gasteiger partial charge on any atom is 0.0526 e. The van der Waals surface area contributed by atoms with Crippen LogP contribution in [-0.4, -0.2) is 36.2 Å². The molecular formula is C7H17NO. The molecule has 0 rings (SSSR count). The zero-order valence-electron chi connectivity index (χ0n) is 6.76. The second kappa shape index (κ2) is 3.85. The van der Waals surface area contributed by atoms with E-state index in [9.17, 15) is 0 Å². The topological polar surface area (TPSA) is 23.5 Å². The third-order valence-corrected chi connectivity index (χ3v) is 1.56. The molecule has 2 atom stereocenters. The van der Waals surface area contributed by atoms with E-state index in [0.717, 1.165) is 6.42 Å². The summed E-state index contributed by atoms with van der Waals surface area (Å²) in [6.45, 7) is 3.92. The van der Waals surface area contributed by atoms with Crippen LogP contribution in [0.3, 0.4) is 0 Å². The van der Waals surface area contributed by atoms with Crippen LogP contribution in [0.25, 0.3) is 0 Å². The van der Waals surface area contributed by atoms with E-state index in [1.165, 1.54) is 0 Å². The van der Waals surface area contributed by atoms with Crippen LogP contribution in [0.5, 0.6) is 0 Å². The Morgan fingerprint density at radius 1 is 1.33 bits per heavy atom. The molecule has 0 fully saturated rings. The molecule has 0 aromatic carbocycles. The van der Waals surface area contributed by atoms with Crippen molar-refractivity contribution in [2.45, 2.75) is 32.4 Å². The van der Waals surface area contributed by atoms with E-state index < -0.39 is 0 Å². The molecule has 2 unspecified atom stereocenters. The van der Waals surface area contributed by atoms with Crippen LogP contribution >= 0.6 is 0 Å². The lowest BCUT2D eigenvalue weighted by Crippen LogP contribution is -2.27. The number of aliphatic hydroxyl groups excluding tert-OH is 1. The highest BCUT2D eigenvalue weighted by molar-refractivity contribution is 4.61. The van der Waals surface area contributed by atoms with E-state index in [2.05, 4.69) is 11.8 Å². The normalized spacial score (nSPS) is 18.0. The van der Waals surface area contributed by atoms with Gasteiger partial charge in [-0.05, 0) is 34.4 Å². The van der Waals surface area contributed by atoms with Gasteiger partial charge < -0.3 is 10.0 Å². The SMILES string of the molecule is CC(O)CC(C)N(C)C. The first-order chi connectivity index (χ1) is 4.04. The maximum atomic E-state index is 8.94. The van der Waals surface area contributed by atoms with Gasteiger partial charge in [0.25, 0.3) is 0 Å². The van der Waals surface area contributed by atoms with Gasteiger partial charge in [0.2, 0.25) is 0 Å². The largest absolute Gasteiger partial charge is 0.393 e. The molecule has 1 N–H and O–H groups in total. The first-order valence-corrected chi connectivity index (χ1v) is 3.38. The highest BCUT2D eigenvalue weighted by Gasteiger charge is 2.06. The average molecular weight is 131 g/mol. The summed E-state index contributed by atoms with van der Waals surface area (Å²) in [5, 5.41) is 8.94. The van der Waals surface area contributed by atoms with Crippen LogP contribution < -0.4 is 0 Å². The average Bonchev–Trinajstić information content (AvgIpc) is 1.63. The highest BCUT2D eigenvalue weighted by atomic mass is 16.3. The first kappa shape index (κ1) is 8.92. The number of hydrogen-bond acceptors (Lipinski definition) is 2. The van der Waals surface area contributed by atoms with Gasteiger partial charge in [-0.3, -0.25) is 0 Å². The number of hydrogen-bond donors (Lipinski definition) is 1. The summed E-state index contributed by atoms with van der Waals surface area (Å²) >= 11 is 0. The molecule has 0 aliphatic carbocycles. The van der Waals surface area contributed by atoms with Crippen molar-refractivity contribution in [1.82, 2.24) is 4.90 Å². The van der Waals surface area contributed by atoms with Crippen molar-refractivity contribution in [3.63, 3.8) is 0 Å². The van der Waals surface area contributed by atoms with Crippen molar-refractivity contribution < 1.29 is 5.11 Å². The van der Waals surface area contributed by atoms with Gasteiger partial charge in [0.1, 0.15) is 0 Å². The predicted octanol–water partition coefficient (Wildman–Crippen LogP) is 0.707. The van der Waals surface area contributed by atoms with Gasteiger partial charge >= 0.3 is 0 Å². The van der Waals surface area contributed by atoms with E-state index in [-0.39, 0.29) is 6.10 Å². The smallest absolute Gasteiger partial charge is 0.0526 e. The summed E-state index contributed by atoms with van der Waals surface area (Å²) in [5.74, 6) is 0. The van der Waals surface area contributed by atoms with Crippen LogP contribution in [0, 0.1) is 0 Å². The molecule has 0 aromatic rings. The van der Waals surface area contributed by atoms with Crippen molar-refractivity contribution >= 4 is 0 Å². The summed E-state index contributed by atoms with van der Waals surface area (Å²) in [5.41, 5.74) is 0. The first-order valence-electron chi connectivity index (χ1n) is 3.38. The van der Waals surface area contributed by atoms with Gasteiger partial charge in [0.05, 0.1) is 6.10 Å². The van der Waals surface area contributed by atoms with Crippen LogP contribution in [0.15, 0.2) is 0 Å². The van der Waals surface area contributed by atoms with Gasteiger partial charge in [-0.2, -0.15) is 0 Å². The van der Waals surface area contributed by atoms with Crippen LogP contribution in [0.2, 0.25) is 0 Å². The molecular weight excluding hydrogens is 114 g/mol. The number of rotatable bonds is 3. The molecule has 0 aliphatic heterocycles. The van der Waals surface area contributed by atoms with E-state index >= 15 is 0 Å². The van der Waals surface area contributed by atoms with Crippen LogP contribution in [-0.2, 0) is 0 Å². The molecule has 2 nitrogen and oxygen atoms in total. The second-order valence-electron chi connectivity index (χ2n) is 2.90. The monoisotopic (exact) mass is 131 g/mol. The van der Waals surface area contributed by atoms with Crippen molar-refractivity contribution in [2.75, 3.05) is 14.1 Å². The van der Waals surface area contributed by atoms with E-state index in [1.807, 2.05) is 21.0 Å². The van der Waals surface area contributed by atoms with E-state index in [1.54, 1.807) is 0 Å². The molecule has 0 amide bonds. The predicted molar refractivity (Wildman–Crippen MR) is 39.4 cm³/mol. The van der Waals surface area contributed by atoms with E-state index in [4.69, 9.17) is 5.11 Å². The summed E-state index contributed by atoms with van der Waals surface area (Å²) in [4.78, 5) is 2.10. The molecule has 0 saturated heterocycles. The van der Waals surface area contributed by atoms with Crippen molar-refractivity contribution in [3.05, 3.63) is 0 Å². The summed E-state index contributed by atoms with van der Waals surface area (Å²) in [6.07, 6.45) is 0.676. The fourth-order valence-corrected chi connectivity index (χ4v) is 0.704. The Morgan fingerprint density at radius 3 is 1.89 bits per heavy atom. The molecule has 0 bridgehead atoms. The number of aliphatic hydroxyl groups is 1. The Morgan fingerprint density at radius 2 is 1.78 bits per heavy atom. The minimum atomic E-state index is -0.178. The number of nitrogens with zero attached hydrogens (tertiary/aromatic N) is 1. The molecule has 0 spiro atoms. The van der Waals surface area contributed by atoms with Crippen molar-refractivity contribution in [1.29, 1.82) is 0 Å². The Kier molecular flexibility index (Phi) is 3.82. The van der Waals surface area contributed by atoms with Gasteiger partial charge in [0.15, 0.2) is 0 Å². The maximum absolute atomic E-state index is 8.94. The molecule has 9 heavy (non-hydrogen) atoms. The Balaban J connectivity index is 3.38. The molecule has 0 aliphatic rings. The highest BCUT2D eigenvalue weighted by Crippen LogP contribution is 2.00. The van der Waals surface area contributed by atoms with E-state index in [0.29, 0.717) is 6.04 Å². The Hall–Kier alpha value is -0.0800. The summed E-state index contributed by atoms with van der Waals surface area (Å²) < 4.78 is 0. The Labute approximate surface area is 57.5 Å². The molecule has 2 heteroatoms. The fourth-order valence-electron chi connectivity index (χ4n) is 0.704. The van der Waals surface area contributed by atoms with Crippen molar-refractivity contribution in [3.8, 4) is 0 Å². The van der Waals surface area contributed by atoms with Gasteiger partial charge in [-0.15, -0.1) is 0 Å². The minimum Gasteiger partial charge on any atom is -0.393 e. The quantitative estimate of drug-likeness (QED) is 0.609. The molecule has 0 heterocycles. The third kappa shape index (κ3) is 4.43. The third-order valence-electron chi connectivity index (χ3n) is 1.56. The lowest BCUT2D eigenvalue weighted by atomic mass is 10.1. The lowest BCUT2D eigenvalue weighted by molar-refractivity contribution is 0.144. The van der Waals surface area contributed by atoms with Crippen LogP contribution in [0.4, 0.5) is 0 Å².